The third kappa shape index (κ3) is 4.25. The van der Waals surface area contributed by atoms with E-state index >= 15 is 0 Å². The molecule has 98 valence electrons. The molecule has 0 fully saturated rings. The van der Waals surface area contributed by atoms with E-state index in [-0.39, 0.29) is 24.1 Å². The molecular formula is C10H15F3N2OS. The highest BCUT2D eigenvalue weighted by atomic mass is 32.1. The molecule has 0 bridgehead atoms. The van der Waals surface area contributed by atoms with Crippen molar-refractivity contribution < 1.29 is 17.9 Å². The first-order valence-electron chi connectivity index (χ1n) is 5.12. The minimum atomic E-state index is -4.41. The first kappa shape index (κ1) is 14.4. The monoisotopic (exact) mass is 268 g/mol. The molecule has 0 spiro atoms. The number of hydrogen-bond donors (Lipinski definition) is 1. The summed E-state index contributed by atoms with van der Waals surface area (Å²) < 4.78 is 42.9. The van der Waals surface area contributed by atoms with Gasteiger partial charge in [-0.15, -0.1) is 11.3 Å². The smallest absolute Gasteiger partial charge is 0.378 e. The lowest BCUT2D eigenvalue weighted by Crippen LogP contribution is -2.23. The Balaban J connectivity index is 2.91. The normalized spacial score (nSPS) is 12.4. The number of hydrogen-bond acceptors (Lipinski definition) is 4. The van der Waals surface area contributed by atoms with E-state index in [0.29, 0.717) is 5.01 Å². The van der Waals surface area contributed by atoms with E-state index in [0.717, 1.165) is 11.3 Å². The molecule has 0 aromatic carbocycles. The van der Waals surface area contributed by atoms with Gasteiger partial charge < -0.3 is 10.1 Å². The lowest BCUT2D eigenvalue weighted by atomic mass is 10.3. The van der Waals surface area contributed by atoms with Crippen LogP contribution in [0.2, 0.25) is 0 Å². The van der Waals surface area contributed by atoms with Gasteiger partial charge in [-0.2, -0.15) is 13.2 Å². The van der Waals surface area contributed by atoms with Crippen molar-refractivity contribution >= 4 is 11.3 Å². The molecule has 0 saturated heterocycles. The predicted octanol–water partition coefficient (Wildman–Crippen LogP) is 2.81. The number of alkyl halides is 3. The molecule has 1 heterocycles. The topological polar surface area (TPSA) is 34.1 Å². The van der Waals surface area contributed by atoms with Gasteiger partial charge in [-0.25, -0.2) is 4.98 Å². The highest BCUT2D eigenvalue weighted by Crippen LogP contribution is 2.34. The Bertz CT molecular complexity index is 363. The Hall–Kier alpha value is -0.660. The first-order chi connectivity index (χ1) is 7.84. The Morgan fingerprint density at radius 1 is 1.41 bits per heavy atom. The van der Waals surface area contributed by atoms with Gasteiger partial charge in [0.1, 0.15) is 5.01 Å². The average Bonchev–Trinajstić information content (AvgIpc) is 2.58. The molecule has 0 unspecified atom stereocenters. The van der Waals surface area contributed by atoms with Gasteiger partial charge in [0.05, 0.1) is 11.5 Å². The van der Waals surface area contributed by atoms with Gasteiger partial charge in [-0.1, -0.05) is 13.8 Å². The standard InChI is InChI=1S/C10H15F3N2OS/c1-6(2)14-4-7-9(10(11,12)13)15-8(17-7)5-16-3/h6,14H,4-5H2,1-3H3. The van der Waals surface area contributed by atoms with Crippen molar-refractivity contribution in [1.29, 1.82) is 0 Å². The van der Waals surface area contributed by atoms with E-state index < -0.39 is 11.9 Å². The number of nitrogens with zero attached hydrogens (tertiary/aromatic N) is 1. The van der Waals surface area contributed by atoms with Crippen molar-refractivity contribution in [3.63, 3.8) is 0 Å². The van der Waals surface area contributed by atoms with Crippen molar-refractivity contribution in [1.82, 2.24) is 10.3 Å². The minimum absolute atomic E-state index is 0.107. The molecular weight excluding hydrogens is 253 g/mol. The van der Waals surface area contributed by atoms with E-state index in [4.69, 9.17) is 4.74 Å². The van der Waals surface area contributed by atoms with E-state index in [9.17, 15) is 13.2 Å². The molecule has 0 saturated carbocycles. The molecule has 17 heavy (non-hydrogen) atoms. The maximum atomic E-state index is 12.7. The van der Waals surface area contributed by atoms with Crippen LogP contribution in [0, 0.1) is 0 Å². The van der Waals surface area contributed by atoms with Crippen LogP contribution in [0.25, 0.3) is 0 Å². The zero-order valence-corrected chi connectivity index (χ0v) is 10.7. The Morgan fingerprint density at radius 3 is 2.53 bits per heavy atom. The number of halogens is 3. The van der Waals surface area contributed by atoms with Crippen LogP contribution in [0.3, 0.4) is 0 Å². The lowest BCUT2D eigenvalue weighted by Gasteiger charge is -2.09. The maximum absolute atomic E-state index is 12.7. The average molecular weight is 268 g/mol. The Morgan fingerprint density at radius 2 is 2.06 bits per heavy atom. The van der Waals surface area contributed by atoms with Gasteiger partial charge in [0.15, 0.2) is 5.69 Å². The highest BCUT2D eigenvalue weighted by Gasteiger charge is 2.37. The summed E-state index contributed by atoms with van der Waals surface area (Å²) in [7, 11) is 1.43. The fourth-order valence-corrected chi connectivity index (χ4v) is 2.24. The number of ether oxygens (including phenoxy) is 1. The van der Waals surface area contributed by atoms with Crippen LogP contribution in [0.15, 0.2) is 0 Å². The van der Waals surface area contributed by atoms with Crippen LogP contribution in [-0.4, -0.2) is 18.1 Å². The summed E-state index contributed by atoms with van der Waals surface area (Å²) >= 11 is 1.03. The molecule has 0 radical (unpaired) electrons. The summed E-state index contributed by atoms with van der Waals surface area (Å²) in [6.45, 7) is 4.04. The van der Waals surface area contributed by atoms with E-state index in [1.807, 2.05) is 13.8 Å². The maximum Gasteiger partial charge on any atom is 0.434 e. The zero-order valence-electron chi connectivity index (χ0n) is 9.89. The summed E-state index contributed by atoms with van der Waals surface area (Å²) in [5, 5.41) is 3.31. The van der Waals surface area contributed by atoms with Crippen molar-refractivity contribution in [3.05, 3.63) is 15.6 Å². The summed E-state index contributed by atoms with van der Waals surface area (Å²) in [4.78, 5) is 3.78. The Kier molecular flexibility index (Phi) is 4.91. The molecule has 1 rings (SSSR count). The van der Waals surface area contributed by atoms with Crippen molar-refractivity contribution in [2.45, 2.75) is 39.2 Å². The molecule has 0 aliphatic heterocycles. The largest absolute Gasteiger partial charge is 0.434 e. The zero-order chi connectivity index (χ0) is 13.1. The van der Waals surface area contributed by atoms with Crippen molar-refractivity contribution in [2.75, 3.05) is 7.11 Å². The second-order valence-corrected chi connectivity index (χ2v) is 5.01. The lowest BCUT2D eigenvalue weighted by molar-refractivity contribution is -0.141. The minimum Gasteiger partial charge on any atom is -0.378 e. The molecule has 0 aliphatic rings. The third-order valence-corrected chi connectivity index (χ3v) is 2.98. The molecule has 1 N–H and O–H groups in total. The molecule has 0 amide bonds. The number of methoxy groups -OCH3 is 1. The summed E-state index contributed by atoms with van der Waals surface area (Å²) in [5.74, 6) is 0. The molecule has 1 aromatic heterocycles. The van der Waals surface area contributed by atoms with Crippen LogP contribution in [0.1, 0.15) is 29.4 Å². The van der Waals surface area contributed by atoms with Gasteiger partial charge in [-0.05, 0) is 0 Å². The van der Waals surface area contributed by atoms with Crippen molar-refractivity contribution in [3.8, 4) is 0 Å². The predicted molar refractivity (Wildman–Crippen MR) is 59.8 cm³/mol. The van der Waals surface area contributed by atoms with Gasteiger partial charge >= 0.3 is 6.18 Å². The van der Waals surface area contributed by atoms with Gasteiger partial charge in [-0.3, -0.25) is 0 Å². The van der Waals surface area contributed by atoms with Gasteiger partial charge in [0.25, 0.3) is 0 Å². The molecule has 7 heteroatoms. The summed E-state index contributed by atoms with van der Waals surface area (Å²) in [6, 6.07) is 0.129. The number of rotatable bonds is 5. The van der Waals surface area contributed by atoms with E-state index in [1.165, 1.54) is 7.11 Å². The number of nitrogens with one attached hydrogen (secondary N) is 1. The fourth-order valence-electron chi connectivity index (χ4n) is 1.22. The fraction of sp³-hybridized carbons (Fsp3) is 0.700. The molecule has 0 atom stereocenters. The van der Waals surface area contributed by atoms with Crippen molar-refractivity contribution in [2.24, 2.45) is 0 Å². The number of thiazole rings is 1. The van der Waals surface area contributed by atoms with Gasteiger partial charge in [0.2, 0.25) is 0 Å². The first-order valence-corrected chi connectivity index (χ1v) is 5.94. The second-order valence-electron chi connectivity index (χ2n) is 3.85. The summed E-state index contributed by atoms with van der Waals surface area (Å²) in [5.41, 5.74) is -0.803. The SMILES string of the molecule is COCc1nc(C(F)(F)F)c(CNC(C)C)s1. The number of aromatic nitrogens is 1. The van der Waals surface area contributed by atoms with Gasteiger partial charge in [0, 0.05) is 19.7 Å². The molecule has 3 nitrogen and oxygen atoms in total. The second kappa shape index (κ2) is 5.79. The molecule has 1 aromatic rings. The Labute approximate surface area is 102 Å². The summed E-state index contributed by atoms with van der Waals surface area (Å²) in [6.07, 6.45) is -4.41. The van der Waals surface area contributed by atoms with Crippen LogP contribution in [0.4, 0.5) is 13.2 Å². The van der Waals surface area contributed by atoms with Crippen LogP contribution < -0.4 is 5.32 Å². The van der Waals surface area contributed by atoms with Crippen LogP contribution in [0.5, 0.6) is 0 Å². The van der Waals surface area contributed by atoms with E-state index in [2.05, 4.69) is 10.3 Å². The molecule has 0 aliphatic carbocycles. The van der Waals surface area contributed by atoms with Crippen LogP contribution in [-0.2, 0) is 24.1 Å². The third-order valence-electron chi connectivity index (χ3n) is 1.95. The highest BCUT2D eigenvalue weighted by molar-refractivity contribution is 7.11. The quantitative estimate of drug-likeness (QED) is 0.891. The van der Waals surface area contributed by atoms with Crippen LogP contribution >= 0.6 is 11.3 Å². The van der Waals surface area contributed by atoms with E-state index in [1.54, 1.807) is 0 Å².